The lowest BCUT2D eigenvalue weighted by atomic mass is 10.4. The first kappa shape index (κ1) is 6.15. The Morgan fingerprint density at radius 2 is 2.36 bits per heavy atom. The van der Waals surface area contributed by atoms with Gasteiger partial charge in [-0.1, -0.05) is 0 Å². The van der Waals surface area contributed by atoms with Crippen LogP contribution >= 0.6 is 0 Å². The minimum Gasteiger partial charge on any atom is -0.506 e. The summed E-state index contributed by atoms with van der Waals surface area (Å²) in [6.45, 7) is 1.73. The number of aromatic hydroxyl groups is 1. The predicted octanol–water partition coefficient (Wildman–Crippen LogP) is 1.24. The van der Waals surface area contributed by atoms with Crippen molar-refractivity contribution < 1.29 is 9.52 Å². The van der Waals surface area contributed by atoms with Crippen LogP contribution < -0.4 is 0 Å². The van der Waals surface area contributed by atoms with E-state index in [-0.39, 0.29) is 5.75 Å². The Labute approximate surface area is 62.5 Å². The summed E-state index contributed by atoms with van der Waals surface area (Å²) in [4.78, 5) is 7.81. The Morgan fingerprint density at radius 3 is 3.18 bits per heavy atom. The summed E-state index contributed by atoms with van der Waals surface area (Å²) in [6.07, 6.45) is 1.34. The van der Waals surface area contributed by atoms with E-state index in [2.05, 4.69) is 9.97 Å². The van der Waals surface area contributed by atoms with Crippen molar-refractivity contribution in [3.05, 3.63) is 18.2 Å². The van der Waals surface area contributed by atoms with Gasteiger partial charge >= 0.3 is 0 Å². The summed E-state index contributed by atoms with van der Waals surface area (Å²) >= 11 is 0. The van der Waals surface area contributed by atoms with Crippen molar-refractivity contribution in [3.8, 4) is 5.75 Å². The van der Waals surface area contributed by atoms with E-state index in [1.165, 1.54) is 12.3 Å². The first-order valence-corrected chi connectivity index (χ1v) is 3.18. The van der Waals surface area contributed by atoms with Crippen LogP contribution in [0.4, 0.5) is 0 Å². The van der Waals surface area contributed by atoms with Gasteiger partial charge in [-0.15, -0.1) is 0 Å². The number of hydrogen-bond donors (Lipinski definition) is 1. The smallest absolute Gasteiger partial charge is 0.199 e. The van der Waals surface area contributed by atoms with Crippen LogP contribution in [0.2, 0.25) is 0 Å². The highest BCUT2D eigenvalue weighted by Crippen LogP contribution is 2.16. The maximum Gasteiger partial charge on any atom is 0.199 e. The molecular formula is C7H6N2O2. The van der Waals surface area contributed by atoms with E-state index in [0.717, 1.165) is 0 Å². The lowest BCUT2D eigenvalue weighted by Crippen LogP contribution is -1.74. The van der Waals surface area contributed by atoms with Crippen LogP contribution in [0.25, 0.3) is 11.2 Å². The lowest BCUT2D eigenvalue weighted by Gasteiger charge is -1.86. The fourth-order valence-electron chi connectivity index (χ4n) is 0.917. The van der Waals surface area contributed by atoms with E-state index in [0.29, 0.717) is 17.1 Å². The molecule has 1 N–H and O–H groups in total. The van der Waals surface area contributed by atoms with Crippen LogP contribution in [0.3, 0.4) is 0 Å². The Balaban J connectivity index is 2.82. The van der Waals surface area contributed by atoms with Gasteiger partial charge in [0.2, 0.25) is 0 Å². The molecule has 0 radical (unpaired) electrons. The largest absolute Gasteiger partial charge is 0.506 e. The van der Waals surface area contributed by atoms with E-state index in [1.807, 2.05) is 0 Å². The van der Waals surface area contributed by atoms with Crippen LogP contribution in [0.1, 0.15) is 5.89 Å². The Hall–Kier alpha value is -1.58. The molecule has 2 heterocycles. The number of nitrogens with zero attached hydrogens (tertiary/aromatic N) is 2. The van der Waals surface area contributed by atoms with Crippen LogP contribution in [0.5, 0.6) is 5.75 Å². The molecule has 0 atom stereocenters. The molecule has 0 saturated carbocycles. The molecule has 0 amide bonds. The molecule has 4 nitrogen and oxygen atoms in total. The Morgan fingerprint density at radius 1 is 1.55 bits per heavy atom. The summed E-state index contributed by atoms with van der Waals surface area (Å²) < 4.78 is 5.12. The molecule has 11 heavy (non-hydrogen) atoms. The molecule has 0 aliphatic rings. The molecule has 0 aromatic carbocycles. The number of aromatic nitrogens is 2. The highest BCUT2D eigenvalue weighted by atomic mass is 16.3. The van der Waals surface area contributed by atoms with Crippen molar-refractivity contribution in [1.82, 2.24) is 9.97 Å². The standard InChI is InChI=1S/C7H6N2O2/c1-4-9-7-6(11-4)2-5(10)3-8-7/h2-3,10H,1H3. The third-order valence-electron chi connectivity index (χ3n) is 1.34. The van der Waals surface area contributed by atoms with E-state index >= 15 is 0 Å². The monoisotopic (exact) mass is 150 g/mol. The second kappa shape index (κ2) is 1.95. The SMILES string of the molecule is Cc1nc2ncc(O)cc2o1. The van der Waals surface area contributed by atoms with Crippen molar-refractivity contribution in [3.63, 3.8) is 0 Å². The van der Waals surface area contributed by atoms with Gasteiger partial charge in [-0.25, -0.2) is 4.98 Å². The molecule has 0 bridgehead atoms. The predicted molar refractivity (Wildman–Crippen MR) is 38.2 cm³/mol. The van der Waals surface area contributed by atoms with Gasteiger partial charge in [0.05, 0.1) is 6.20 Å². The molecule has 2 aromatic heterocycles. The van der Waals surface area contributed by atoms with Crippen molar-refractivity contribution in [2.24, 2.45) is 0 Å². The fourth-order valence-corrected chi connectivity index (χ4v) is 0.917. The number of rotatable bonds is 0. The minimum atomic E-state index is 0.0913. The minimum absolute atomic E-state index is 0.0913. The maximum atomic E-state index is 8.99. The zero-order valence-corrected chi connectivity index (χ0v) is 5.90. The van der Waals surface area contributed by atoms with Crippen molar-refractivity contribution >= 4 is 11.2 Å². The summed E-state index contributed by atoms with van der Waals surface area (Å²) in [5.74, 6) is 0.645. The topological polar surface area (TPSA) is 59.2 Å². The van der Waals surface area contributed by atoms with Crippen LogP contribution in [-0.2, 0) is 0 Å². The third-order valence-corrected chi connectivity index (χ3v) is 1.34. The molecule has 56 valence electrons. The summed E-state index contributed by atoms with van der Waals surface area (Å²) in [5.41, 5.74) is 1.04. The van der Waals surface area contributed by atoms with Gasteiger partial charge in [0.15, 0.2) is 17.1 Å². The van der Waals surface area contributed by atoms with Crippen molar-refractivity contribution in [2.75, 3.05) is 0 Å². The van der Waals surface area contributed by atoms with Crippen LogP contribution in [0, 0.1) is 6.92 Å². The zero-order valence-electron chi connectivity index (χ0n) is 5.90. The summed E-state index contributed by atoms with van der Waals surface area (Å²) in [6, 6.07) is 1.49. The van der Waals surface area contributed by atoms with Gasteiger partial charge in [-0.2, -0.15) is 4.98 Å². The van der Waals surface area contributed by atoms with Gasteiger partial charge in [-0.05, 0) is 0 Å². The van der Waals surface area contributed by atoms with E-state index < -0.39 is 0 Å². The molecule has 4 heteroatoms. The molecule has 0 unspecified atom stereocenters. The fraction of sp³-hybridized carbons (Fsp3) is 0.143. The lowest BCUT2D eigenvalue weighted by molar-refractivity contribution is 0.471. The van der Waals surface area contributed by atoms with Crippen molar-refractivity contribution in [2.45, 2.75) is 6.92 Å². The quantitative estimate of drug-likeness (QED) is 0.613. The summed E-state index contributed by atoms with van der Waals surface area (Å²) in [5, 5.41) is 8.99. The molecule has 0 saturated heterocycles. The second-order valence-corrected chi connectivity index (χ2v) is 2.25. The van der Waals surface area contributed by atoms with Gasteiger partial charge in [0, 0.05) is 13.0 Å². The van der Waals surface area contributed by atoms with E-state index in [9.17, 15) is 0 Å². The highest BCUT2D eigenvalue weighted by Gasteiger charge is 2.02. The van der Waals surface area contributed by atoms with E-state index in [1.54, 1.807) is 6.92 Å². The number of hydrogen-bond acceptors (Lipinski definition) is 4. The Kier molecular flexibility index (Phi) is 1.09. The molecule has 2 aromatic rings. The molecule has 0 aliphatic heterocycles. The van der Waals surface area contributed by atoms with Gasteiger partial charge in [0.1, 0.15) is 5.75 Å². The van der Waals surface area contributed by atoms with E-state index in [4.69, 9.17) is 9.52 Å². The zero-order chi connectivity index (χ0) is 7.84. The number of pyridine rings is 1. The molecule has 0 spiro atoms. The van der Waals surface area contributed by atoms with Crippen molar-refractivity contribution in [1.29, 1.82) is 0 Å². The molecule has 0 fully saturated rings. The highest BCUT2D eigenvalue weighted by molar-refractivity contribution is 5.68. The first-order valence-electron chi connectivity index (χ1n) is 3.18. The third kappa shape index (κ3) is 0.920. The number of oxazole rings is 1. The number of aryl methyl sites for hydroxylation is 1. The molecule has 2 rings (SSSR count). The van der Waals surface area contributed by atoms with Crippen LogP contribution in [0.15, 0.2) is 16.7 Å². The normalized spacial score (nSPS) is 10.6. The second-order valence-electron chi connectivity index (χ2n) is 2.25. The van der Waals surface area contributed by atoms with Gasteiger partial charge in [-0.3, -0.25) is 0 Å². The first-order chi connectivity index (χ1) is 5.25. The van der Waals surface area contributed by atoms with Gasteiger partial charge < -0.3 is 9.52 Å². The molecule has 0 aliphatic carbocycles. The molecular weight excluding hydrogens is 144 g/mol. The Bertz CT molecular complexity index is 394. The van der Waals surface area contributed by atoms with Gasteiger partial charge in [0.25, 0.3) is 0 Å². The number of fused-ring (bicyclic) bond motifs is 1. The average Bonchev–Trinajstić information content (AvgIpc) is 2.27. The maximum absolute atomic E-state index is 8.99. The average molecular weight is 150 g/mol. The van der Waals surface area contributed by atoms with Crippen LogP contribution in [-0.4, -0.2) is 15.1 Å². The summed E-state index contributed by atoms with van der Waals surface area (Å²) in [7, 11) is 0.